The fourth-order valence-corrected chi connectivity index (χ4v) is 1.53. The average molecular weight is 318 g/mol. The summed E-state index contributed by atoms with van der Waals surface area (Å²) in [7, 11) is 0. The summed E-state index contributed by atoms with van der Waals surface area (Å²) in [5, 5.41) is -1.54. The number of nitrogens with zero attached hydrogens (tertiary/aromatic N) is 1. The van der Waals surface area contributed by atoms with Crippen molar-refractivity contribution in [2.24, 2.45) is 4.99 Å². The normalized spacial score (nSPS) is 13.1. The van der Waals surface area contributed by atoms with Gasteiger partial charge in [-0.2, -0.15) is 13.2 Å². The summed E-state index contributed by atoms with van der Waals surface area (Å²) >= 11 is 7.91. The summed E-state index contributed by atoms with van der Waals surface area (Å²) in [6.07, 6.45) is -4.73. The minimum absolute atomic E-state index is 0.203. The molecule has 0 saturated carbocycles. The van der Waals surface area contributed by atoms with Crippen LogP contribution in [0.15, 0.2) is 21.6 Å². The Morgan fingerprint density at radius 2 is 1.94 bits per heavy atom. The SMILES string of the molecule is Cc1cc(Br)c(N=C(Cl)C(F)(F)F)cc1F. The maximum Gasteiger partial charge on any atom is 0.444 e. The third-order valence-electron chi connectivity index (χ3n) is 1.68. The molecule has 0 bridgehead atoms. The van der Waals surface area contributed by atoms with Crippen LogP contribution < -0.4 is 0 Å². The molecule has 7 heteroatoms. The van der Waals surface area contributed by atoms with Crippen LogP contribution in [-0.2, 0) is 0 Å². The molecule has 88 valence electrons. The molecule has 0 spiro atoms. The lowest BCUT2D eigenvalue weighted by atomic mass is 10.2. The molecule has 1 nitrogen and oxygen atoms in total. The molecule has 0 aliphatic rings. The highest BCUT2D eigenvalue weighted by Crippen LogP contribution is 2.31. The molecule has 0 fully saturated rings. The van der Waals surface area contributed by atoms with Gasteiger partial charge >= 0.3 is 6.18 Å². The van der Waals surface area contributed by atoms with Crippen molar-refractivity contribution in [3.05, 3.63) is 28.0 Å². The number of aliphatic imine (C=N–C) groups is 1. The molecule has 1 rings (SSSR count). The molecule has 0 amide bonds. The van der Waals surface area contributed by atoms with Gasteiger partial charge in [-0.15, -0.1) is 0 Å². The monoisotopic (exact) mass is 317 g/mol. The van der Waals surface area contributed by atoms with Gasteiger partial charge in [0, 0.05) is 10.5 Å². The third kappa shape index (κ3) is 3.18. The van der Waals surface area contributed by atoms with Crippen molar-refractivity contribution >= 4 is 38.4 Å². The van der Waals surface area contributed by atoms with Crippen LogP contribution >= 0.6 is 27.5 Å². The summed E-state index contributed by atoms with van der Waals surface area (Å²) in [5.74, 6) is -0.645. The van der Waals surface area contributed by atoms with Gasteiger partial charge in [0.05, 0.1) is 5.69 Å². The molecular weight excluding hydrogens is 313 g/mol. The molecule has 0 unspecified atom stereocenters. The van der Waals surface area contributed by atoms with E-state index in [4.69, 9.17) is 11.6 Å². The maximum atomic E-state index is 13.1. The Bertz CT molecular complexity index is 442. The number of benzene rings is 1. The minimum atomic E-state index is -4.73. The number of hydrogen-bond acceptors (Lipinski definition) is 1. The van der Waals surface area contributed by atoms with Gasteiger partial charge in [0.15, 0.2) is 0 Å². The van der Waals surface area contributed by atoms with E-state index >= 15 is 0 Å². The highest BCUT2D eigenvalue weighted by Gasteiger charge is 2.34. The van der Waals surface area contributed by atoms with Crippen LogP contribution in [0.2, 0.25) is 0 Å². The van der Waals surface area contributed by atoms with Crippen LogP contribution in [0, 0.1) is 12.7 Å². The first-order valence-electron chi connectivity index (χ1n) is 3.99. The van der Waals surface area contributed by atoms with E-state index in [0.717, 1.165) is 6.07 Å². The molecule has 0 aromatic heterocycles. The first-order valence-corrected chi connectivity index (χ1v) is 5.16. The third-order valence-corrected chi connectivity index (χ3v) is 2.61. The summed E-state index contributed by atoms with van der Waals surface area (Å²) in [6.45, 7) is 1.49. The Morgan fingerprint density at radius 3 is 2.44 bits per heavy atom. The van der Waals surface area contributed by atoms with Gasteiger partial charge in [-0.05, 0) is 34.5 Å². The molecule has 1 aromatic carbocycles. The smallest absolute Gasteiger partial charge is 0.231 e. The number of rotatable bonds is 1. The van der Waals surface area contributed by atoms with Crippen LogP contribution in [0.4, 0.5) is 23.2 Å². The van der Waals surface area contributed by atoms with Crippen molar-refractivity contribution in [2.75, 3.05) is 0 Å². The first kappa shape index (κ1) is 13.4. The van der Waals surface area contributed by atoms with E-state index in [9.17, 15) is 17.6 Å². The Morgan fingerprint density at radius 1 is 1.38 bits per heavy atom. The van der Waals surface area contributed by atoms with Crippen molar-refractivity contribution in [3.8, 4) is 0 Å². The molecule has 0 N–H and O–H groups in total. The van der Waals surface area contributed by atoms with E-state index in [1.54, 1.807) is 0 Å². The zero-order valence-electron chi connectivity index (χ0n) is 7.87. The van der Waals surface area contributed by atoms with Crippen LogP contribution in [0.25, 0.3) is 0 Å². The van der Waals surface area contributed by atoms with Crippen LogP contribution in [-0.4, -0.2) is 11.3 Å². The minimum Gasteiger partial charge on any atom is -0.231 e. The second kappa shape index (κ2) is 4.71. The van der Waals surface area contributed by atoms with Crippen molar-refractivity contribution < 1.29 is 17.6 Å². The van der Waals surface area contributed by atoms with Gasteiger partial charge in [0.1, 0.15) is 5.82 Å². The highest BCUT2D eigenvalue weighted by atomic mass is 79.9. The number of aryl methyl sites for hydroxylation is 1. The molecule has 0 aliphatic heterocycles. The molecule has 1 aromatic rings. The lowest BCUT2D eigenvalue weighted by molar-refractivity contribution is -0.0558. The van der Waals surface area contributed by atoms with Crippen molar-refractivity contribution in [3.63, 3.8) is 0 Å². The van der Waals surface area contributed by atoms with E-state index in [1.807, 2.05) is 0 Å². The Labute approximate surface area is 102 Å². The van der Waals surface area contributed by atoms with Crippen LogP contribution in [0.1, 0.15) is 5.56 Å². The summed E-state index contributed by atoms with van der Waals surface area (Å²) < 4.78 is 49.6. The Kier molecular flexibility index (Phi) is 3.96. The predicted molar refractivity (Wildman–Crippen MR) is 57.8 cm³/mol. The van der Waals surface area contributed by atoms with E-state index in [1.165, 1.54) is 13.0 Å². The second-order valence-corrected chi connectivity index (χ2v) is 4.17. The molecule has 0 atom stereocenters. The standard InChI is InChI=1S/C9H5BrClF4N/c1-4-2-5(10)7(3-6(4)12)16-8(11)9(13,14)15/h2-3H,1H3. The molecule has 0 saturated heterocycles. The quantitative estimate of drug-likeness (QED) is 0.524. The Hall–Kier alpha value is -0.620. The largest absolute Gasteiger partial charge is 0.444 e. The molecular formula is C9H5BrClF4N. The van der Waals surface area contributed by atoms with Crippen molar-refractivity contribution in [1.29, 1.82) is 0 Å². The van der Waals surface area contributed by atoms with E-state index in [2.05, 4.69) is 20.9 Å². The van der Waals surface area contributed by atoms with Crippen molar-refractivity contribution in [1.82, 2.24) is 0 Å². The summed E-state index contributed by atoms with van der Waals surface area (Å²) in [6, 6.07) is 2.21. The molecule has 16 heavy (non-hydrogen) atoms. The van der Waals surface area contributed by atoms with Gasteiger partial charge in [0.25, 0.3) is 0 Å². The van der Waals surface area contributed by atoms with E-state index in [-0.39, 0.29) is 10.2 Å². The number of alkyl halides is 3. The molecule has 0 radical (unpaired) electrons. The molecule has 0 heterocycles. The topological polar surface area (TPSA) is 12.4 Å². The average Bonchev–Trinajstić information content (AvgIpc) is 2.12. The zero-order chi connectivity index (χ0) is 12.5. The Balaban J connectivity index is 3.21. The van der Waals surface area contributed by atoms with E-state index in [0.29, 0.717) is 5.56 Å². The van der Waals surface area contributed by atoms with Crippen LogP contribution in [0.3, 0.4) is 0 Å². The van der Waals surface area contributed by atoms with Gasteiger partial charge in [-0.1, -0.05) is 11.6 Å². The summed E-state index contributed by atoms with van der Waals surface area (Å²) in [5.41, 5.74) is 0.0966. The zero-order valence-corrected chi connectivity index (χ0v) is 10.2. The fraction of sp³-hybridized carbons (Fsp3) is 0.222. The van der Waals surface area contributed by atoms with Gasteiger partial charge in [0.2, 0.25) is 5.17 Å². The van der Waals surface area contributed by atoms with Crippen LogP contribution in [0.5, 0.6) is 0 Å². The fourth-order valence-electron chi connectivity index (χ4n) is 0.891. The van der Waals surface area contributed by atoms with Gasteiger partial charge < -0.3 is 0 Å². The second-order valence-electron chi connectivity index (χ2n) is 2.95. The first-order chi connectivity index (χ1) is 7.21. The number of halogens is 6. The van der Waals surface area contributed by atoms with Gasteiger partial charge in [-0.25, -0.2) is 9.38 Å². The maximum absolute atomic E-state index is 13.1. The lowest BCUT2D eigenvalue weighted by Crippen LogP contribution is -2.16. The molecule has 0 aliphatic carbocycles. The van der Waals surface area contributed by atoms with E-state index < -0.39 is 17.2 Å². The van der Waals surface area contributed by atoms with Crippen molar-refractivity contribution in [2.45, 2.75) is 13.1 Å². The highest BCUT2D eigenvalue weighted by molar-refractivity contribution is 9.10. The lowest BCUT2D eigenvalue weighted by Gasteiger charge is -2.05. The summed E-state index contributed by atoms with van der Waals surface area (Å²) in [4.78, 5) is 3.10. The number of hydrogen-bond donors (Lipinski definition) is 0. The van der Waals surface area contributed by atoms with Gasteiger partial charge in [-0.3, -0.25) is 0 Å². The predicted octanol–water partition coefficient (Wildman–Crippen LogP) is 4.73.